The van der Waals surface area contributed by atoms with Gasteiger partial charge >= 0.3 is 0 Å². The standard InChI is InChI=1S/C30H36ClN5O/c1-22(2)36-20-27(23-9-11-25(31)12-10-23)28(21-36)30(37)35-16-14-34(15-17-35)29-8-4-3-6-24(29)18-33-26-7-5-13-32-19-26/h3-13,19,22,27-28,33H,14-18,20-21H2,1-2H3/t27-,28+/m0/s1. The maximum Gasteiger partial charge on any atom is 0.227 e. The van der Waals surface area contributed by atoms with Crippen LogP contribution in [0.5, 0.6) is 0 Å². The van der Waals surface area contributed by atoms with Gasteiger partial charge in [0.25, 0.3) is 0 Å². The van der Waals surface area contributed by atoms with Crippen LogP contribution in [0.3, 0.4) is 0 Å². The van der Waals surface area contributed by atoms with Gasteiger partial charge in [0, 0.05) is 80.9 Å². The molecule has 1 N–H and O–H groups in total. The zero-order chi connectivity index (χ0) is 25.8. The summed E-state index contributed by atoms with van der Waals surface area (Å²) in [5, 5.41) is 4.21. The molecule has 0 unspecified atom stereocenters. The number of carbonyl (C=O) groups excluding carboxylic acids is 1. The molecule has 0 radical (unpaired) electrons. The van der Waals surface area contributed by atoms with Crippen molar-refractivity contribution in [1.29, 1.82) is 0 Å². The van der Waals surface area contributed by atoms with Crippen molar-refractivity contribution in [3.63, 3.8) is 0 Å². The molecular formula is C30H36ClN5O. The lowest BCUT2D eigenvalue weighted by Crippen LogP contribution is -2.51. The number of pyridine rings is 1. The Morgan fingerprint density at radius 2 is 1.76 bits per heavy atom. The van der Waals surface area contributed by atoms with Crippen LogP contribution in [-0.4, -0.2) is 66.0 Å². The molecule has 3 heterocycles. The average Bonchev–Trinajstić information content (AvgIpc) is 3.39. The molecule has 37 heavy (non-hydrogen) atoms. The summed E-state index contributed by atoms with van der Waals surface area (Å²) >= 11 is 6.15. The van der Waals surface area contributed by atoms with E-state index in [1.165, 1.54) is 16.8 Å². The minimum atomic E-state index is -0.0221. The minimum Gasteiger partial charge on any atom is -0.380 e. The van der Waals surface area contributed by atoms with E-state index in [9.17, 15) is 4.79 Å². The van der Waals surface area contributed by atoms with Gasteiger partial charge in [-0.3, -0.25) is 14.7 Å². The van der Waals surface area contributed by atoms with Crippen molar-refractivity contribution in [2.75, 3.05) is 49.5 Å². The van der Waals surface area contributed by atoms with E-state index in [1.807, 2.05) is 30.5 Å². The van der Waals surface area contributed by atoms with Crippen LogP contribution in [0.2, 0.25) is 5.02 Å². The number of rotatable bonds is 7. The fraction of sp³-hybridized carbons (Fsp3) is 0.400. The number of piperazine rings is 1. The first kappa shape index (κ1) is 25.6. The number of halogens is 1. The minimum absolute atomic E-state index is 0.0221. The highest BCUT2D eigenvalue weighted by Gasteiger charge is 2.41. The topological polar surface area (TPSA) is 51.7 Å². The van der Waals surface area contributed by atoms with Crippen LogP contribution in [0.4, 0.5) is 11.4 Å². The summed E-state index contributed by atoms with van der Waals surface area (Å²) in [6.07, 6.45) is 3.62. The molecular weight excluding hydrogens is 482 g/mol. The number of amides is 1. The van der Waals surface area contributed by atoms with E-state index in [2.05, 4.69) is 75.2 Å². The third-order valence-corrected chi connectivity index (χ3v) is 8.01. The molecule has 5 rings (SSSR count). The molecule has 0 bridgehead atoms. The smallest absolute Gasteiger partial charge is 0.227 e. The van der Waals surface area contributed by atoms with Crippen molar-refractivity contribution in [3.05, 3.63) is 89.2 Å². The molecule has 1 aromatic heterocycles. The molecule has 0 spiro atoms. The molecule has 1 amide bonds. The fourth-order valence-corrected chi connectivity index (χ4v) is 5.72. The molecule has 2 aliphatic heterocycles. The van der Waals surface area contributed by atoms with Gasteiger partial charge in [-0.25, -0.2) is 0 Å². The maximum absolute atomic E-state index is 13.8. The lowest BCUT2D eigenvalue weighted by Gasteiger charge is -2.38. The van der Waals surface area contributed by atoms with E-state index in [4.69, 9.17) is 11.6 Å². The molecule has 2 aromatic carbocycles. The predicted molar refractivity (Wildman–Crippen MR) is 151 cm³/mol. The third kappa shape index (κ3) is 5.91. The Kier molecular flexibility index (Phi) is 7.96. The summed E-state index contributed by atoms with van der Waals surface area (Å²) in [4.78, 5) is 25.0. The number of nitrogens with zero attached hydrogens (tertiary/aromatic N) is 4. The van der Waals surface area contributed by atoms with E-state index in [0.29, 0.717) is 6.04 Å². The molecule has 194 valence electrons. The number of nitrogens with one attached hydrogen (secondary N) is 1. The number of hydrogen-bond acceptors (Lipinski definition) is 5. The van der Waals surface area contributed by atoms with Crippen LogP contribution in [0.1, 0.15) is 30.9 Å². The van der Waals surface area contributed by atoms with Gasteiger partial charge in [0.05, 0.1) is 11.6 Å². The van der Waals surface area contributed by atoms with Crippen LogP contribution in [0.25, 0.3) is 0 Å². The van der Waals surface area contributed by atoms with Gasteiger partial charge in [-0.15, -0.1) is 0 Å². The summed E-state index contributed by atoms with van der Waals surface area (Å²) in [6, 6.07) is 21.0. The molecule has 2 fully saturated rings. The lowest BCUT2D eigenvalue weighted by atomic mass is 9.88. The highest BCUT2D eigenvalue weighted by molar-refractivity contribution is 6.30. The lowest BCUT2D eigenvalue weighted by molar-refractivity contribution is -0.135. The Labute approximate surface area is 225 Å². The van der Waals surface area contributed by atoms with Crippen LogP contribution in [0, 0.1) is 5.92 Å². The zero-order valence-corrected chi connectivity index (χ0v) is 22.4. The highest BCUT2D eigenvalue weighted by Crippen LogP contribution is 2.36. The van der Waals surface area contributed by atoms with Crippen molar-refractivity contribution in [2.45, 2.75) is 32.4 Å². The zero-order valence-electron chi connectivity index (χ0n) is 21.7. The molecule has 3 aromatic rings. The Hall–Kier alpha value is -3.09. The van der Waals surface area contributed by atoms with Gasteiger partial charge in [-0.1, -0.05) is 41.9 Å². The van der Waals surface area contributed by atoms with Crippen molar-refractivity contribution in [2.24, 2.45) is 5.92 Å². The van der Waals surface area contributed by atoms with E-state index in [1.54, 1.807) is 6.20 Å². The Morgan fingerprint density at radius 1 is 1.00 bits per heavy atom. The number of likely N-dealkylation sites (tertiary alicyclic amines) is 1. The highest BCUT2D eigenvalue weighted by atomic mass is 35.5. The second kappa shape index (κ2) is 11.5. The van der Waals surface area contributed by atoms with Crippen molar-refractivity contribution < 1.29 is 4.79 Å². The van der Waals surface area contributed by atoms with Gasteiger partial charge < -0.3 is 15.1 Å². The third-order valence-electron chi connectivity index (χ3n) is 7.76. The van der Waals surface area contributed by atoms with Gasteiger partial charge in [0.15, 0.2) is 0 Å². The van der Waals surface area contributed by atoms with Gasteiger partial charge in [-0.05, 0) is 55.3 Å². The van der Waals surface area contributed by atoms with Crippen molar-refractivity contribution in [1.82, 2.24) is 14.8 Å². The van der Waals surface area contributed by atoms with Crippen molar-refractivity contribution in [3.8, 4) is 0 Å². The Bertz CT molecular complexity index is 1180. The molecule has 2 saturated heterocycles. The largest absolute Gasteiger partial charge is 0.380 e. The van der Waals surface area contributed by atoms with Crippen LogP contribution < -0.4 is 10.2 Å². The molecule has 0 aliphatic carbocycles. The number of hydrogen-bond donors (Lipinski definition) is 1. The SMILES string of the molecule is CC(C)N1C[C@@H](C(=O)N2CCN(c3ccccc3CNc3cccnc3)CC2)[C@H](c2ccc(Cl)cc2)C1. The van der Waals surface area contributed by atoms with E-state index in [0.717, 1.165) is 56.5 Å². The van der Waals surface area contributed by atoms with E-state index in [-0.39, 0.29) is 17.7 Å². The van der Waals surface area contributed by atoms with Gasteiger partial charge in [0.2, 0.25) is 5.91 Å². The number of aromatic nitrogens is 1. The second-order valence-electron chi connectivity index (χ2n) is 10.3. The molecule has 0 saturated carbocycles. The average molecular weight is 518 g/mol. The maximum atomic E-state index is 13.8. The van der Waals surface area contributed by atoms with Gasteiger partial charge in [-0.2, -0.15) is 0 Å². The first-order chi connectivity index (χ1) is 18.0. The quantitative estimate of drug-likeness (QED) is 0.471. The fourth-order valence-electron chi connectivity index (χ4n) is 5.59. The first-order valence-corrected chi connectivity index (χ1v) is 13.6. The summed E-state index contributed by atoms with van der Waals surface area (Å²) in [5.74, 6) is 0.463. The Balaban J connectivity index is 1.24. The second-order valence-corrected chi connectivity index (χ2v) is 10.8. The first-order valence-electron chi connectivity index (χ1n) is 13.2. The van der Waals surface area contributed by atoms with Gasteiger partial charge in [0.1, 0.15) is 0 Å². The summed E-state index contributed by atoms with van der Waals surface area (Å²) in [6.45, 7) is 10.0. The molecule has 2 atom stereocenters. The number of benzene rings is 2. The number of para-hydroxylation sites is 1. The monoisotopic (exact) mass is 517 g/mol. The van der Waals surface area contributed by atoms with Crippen LogP contribution >= 0.6 is 11.6 Å². The van der Waals surface area contributed by atoms with E-state index < -0.39 is 0 Å². The summed E-state index contributed by atoms with van der Waals surface area (Å²) < 4.78 is 0. The Morgan fingerprint density at radius 3 is 2.46 bits per heavy atom. The summed E-state index contributed by atoms with van der Waals surface area (Å²) in [7, 11) is 0. The molecule has 2 aliphatic rings. The summed E-state index contributed by atoms with van der Waals surface area (Å²) in [5.41, 5.74) is 4.70. The van der Waals surface area contributed by atoms with Crippen LogP contribution in [0.15, 0.2) is 73.1 Å². The molecule has 6 nitrogen and oxygen atoms in total. The van der Waals surface area contributed by atoms with E-state index >= 15 is 0 Å². The normalized spacial score (nSPS) is 20.4. The van der Waals surface area contributed by atoms with Crippen molar-refractivity contribution >= 4 is 28.9 Å². The number of carbonyl (C=O) groups is 1. The number of anilines is 2. The van der Waals surface area contributed by atoms with Crippen LogP contribution in [-0.2, 0) is 11.3 Å². The predicted octanol–water partition coefficient (Wildman–Crippen LogP) is 5.12. The molecule has 7 heteroatoms.